The lowest BCUT2D eigenvalue weighted by molar-refractivity contribution is 0.0668. The quantitative estimate of drug-likeness (QED) is 0.460. The summed E-state index contributed by atoms with van der Waals surface area (Å²) in [5.74, 6) is -0.0295. The molecule has 8 heteroatoms. The van der Waals surface area contributed by atoms with Gasteiger partial charge in [0.15, 0.2) is 5.76 Å². The number of fused-ring (bicyclic) bond motifs is 2. The Labute approximate surface area is 184 Å². The number of piperazine rings is 1. The first-order valence-electron chi connectivity index (χ1n) is 9.89. The molecule has 1 aliphatic rings. The summed E-state index contributed by atoms with van der Waals surface area (Å²) in [5.41, 5.74) is 0.588. The Kier molecular flexibility index (Phi) is 4.97. The highest BCUT2D eigenvalue weighted by molar-refractivity contribution is 7.89. The molecule has 0 bridgehead atoms. The smallest absolute Gasteiger partial charge is 0.289 e. The first-order chi connectivity index (χ1) is 14.9. The first-order valence-corrected chi connectivity index (χ1v) is 11.7. The maximum atomic E-state index is 13.1. The van der Waals surface area contributed by atoms with Gasteiger partial charge in [-0.25, -0.2) is 8.42 Å². The minimum absolute atomic E-state index is 0.225. The van der Waals surface area contributed by atoms with Crippen molar-refractivity contribution < 1.29 is 17.6 Å². The SMILES string of the molecule is O=C(c1cc2cc(Cl)ccc2o1)N1CCN(S(=O)(=O)c2ccc3ccccc3c2)CC1. The maximum absolute atomic E-state index is 13.1. The second-order valence-corrected chi connectivity index (χ2v) is 9.87. The van der Waals surface area contributed by atoms with E-state index < -0.39 is 10.0 Å². The van der Waals surface area contributed by atoms with Crippen LogP contribution in [0.1, 0.15) is 10.6 Å². The van der Waals surface area contributed by atoms with Crippen LogP contribution >= 0.6 is 11.6 Å². The van der Waals surface area contributed by atoms with Gasteiger partial charge in [-0.1, -0.05) is 41.9 Å². The number of hydrogen-bond acceptors (Lipinski definition) is 4. The Balaban J connectivity index is 1.32. The molecule has 1 aliphatic heterocycles. The molecule has 31 heavy (non-hydrogen) atoms. The van der Waals surface area contributed by atoms with Gasteiger partial charge in [-0.05, 0) is 47.2 Å². The molecule has 158 valence electrons. The summed E-state index contributed by atoms with van der Waals surface area (Å²) in [5, 5.41) is 3.19. The van der Waals surface area contributed by atoms with E-state index in [1.807, 2.05) is 30.3 Å². The number of sulfonamides is 1. The van der Waals surface area contributed by atoms with Gasteiger partial charge in [0, 0.05) is 36.6 Å². The molecule has 1 amide bonds. The van der Waals surface area contributed by atoms with Crippen LogP contribution in [0.25, 0.3) is 21.7 Å². The number of benzene rings is 3. The zero-order chi connectivity index (χ0) is 21.6. The van der Waals surface area contributed by atoms with Crippen LogP contribution in [0.15, 0.2) is 76.0 Å². The molecule has 0 unspecified atom stereocenters. The Morgan fingerprint density at radius 3 is 2.35 bits per heavy atom. The van der Waals surface area contributed by atoms with Gasteiger partial charge < -0.3 is 9.32 Å². The van der Waals surface area contributed by atoms with Crippen molar-refractivity contribution in [1.82, 2.24) is 9.21 Å². The lowest BCUT2D eigenvalue weighted by Crippen LogP contribution is -2.50. The Morgan fingerprint density at radius 1 is 0.839 bits per heavy atom. The molecule has 1 saturated heterocycles. The lowest BCUT2D eigenvalue weighted by Gasteiger charge is -2.33. The minimum Gasteiger partial charge on any atom is -0.451 e. The van der Waals surface area contributed by atoms with Crippen molar-refractivity contribution in [2.24, 2.45) is 0 Å². The number of carbonyl (C=O) groups excluding carboxylic acids is 1. The maximum Gasteiger partial charge on any atom is 0.289 e. The highest BCUT2D eigenvalue weighted by Gasteiger charge is 2.31. The zero-order valence-corrected chi connectivity index (χ0v) is 18.1. The number of halogens is 1. The topological polar surface area (TPSA) is 70.8 Å². The summed E-state index contributed by atoms with van der Waals surface area (Å²) < 4.78 is 33.3. The first kappa shape index (κ1) is 20.1. The summed E-state index contributed by atoms with van der Waals surface area (Å²) >= 11 is 6.00. The van der Waals surface area contributed by atoms with Crippen molar-refractivity contribution >= 4 is 49.3 Å². The Morgan fingerprint density at radius 2 is 1.58 bits per heavy atom. The third kappa shape index (κ3) is 3.69. The average molecular weight is 455 g/mol. The van der Waals surface area contributed by atoms with Crippen LogP contribution in [0.5, 0.6) is 0 Å². The van der Waals surface area contributed by atoms with Crippen LogP contribution < -0.4 is 0 Å². The number of hydrogen-bond donors (Lipinski definition) is 0. The Hall–Kier alpha value is -2.87. The summed E-state index contributed by atoms with van der Waals surface area (Å²) in [7, 11) is -3.64. The monoisotopic (exact) mass is 454 g/mol. The number of rotatable bonds is 3. The van der Waals surface area contributed by atoms with Crippen LogP contribution in [0.2, 0.25) is 5.02 Å². The van der Waals surface area contributed by atoms with Crippen molar-refractivity contribution in [3.05, 3.63) is 77.5 Å². The van der Waals surface area contributed by atoms with Gasteiger partial charge >= 0.3 is 0 Å². The van der Waals surface area contributed by atoms with E-state index in [-0.39, 0.29) is 29.7 Å². The van der Waals surface area contributed by atoms with E-state index in [9.17, 15) is 13.2 Å². The molecule has 0 radical (unpaired) electrons. The fourth-order valence-corrected chi connectivity index (χ4v) is 5.52. The molecule has 1 aromatic heterocycles. The van der Waals surface area contributed by atoms with E-state index in [1.165, 1.54) is 4.31 Å². The largest absolute Gasteiger partial charge is 0.451 e. The standard InChI is InChI=1S/C23H19ClN2O4S/c24-19-6-8-21-18(13-19)15-22(30-21)23(27)25-9-11-26(12-10-25)31(28,29)20-7-5-16-3-1-2-4-17(16)14-20/h1-8,13-15H,9-12H2. The van der Waals surface area contributed by atoms with Crippen LogP contribution in [-0.2, 0) is 10.0 Å². The third-order valence-electron chi connectivity index (χ3n) is 5.57. The molecule has 5 rings (SSSR count). The number of nitrogens with zero attached hydrogens (tertiary/aromatic N) is 2. The summed E-state index contributed by atoms with van der Waals surface area (Å²) in [6, 6.07) is 19.6. The molecule has 0 saturated carbocycles. The van der Waals surface area contributed by atoms with Crippen molar-refractivity contribution in [1.29, 1.82) is 0 Å². The zero-order valence-electron chi connectivity index (χ0n) is 16.5. The number of furan rings is 1. The van der Waals surface area contributed by atoms with Crippen LogP contribution in [0.3, 0.4) is 0 Å². The predicted octanol–water partition coefficient (Wildman–Crippen LogP) is 4.39. The molecule has 0 N–H and O–H groups in total. The van der Waals surface area contributed by atoms with Crippen LogP contribution in [0, 0.1) is 0 Å². The fraction of sp³-hybridized carbons (Fsp3) is 0.174. The van der Waals surface area contributed by atoms with E-state index in [4.69, 9.17) is 16.0 Å². The van der Waals surface area contributed by atoms with Gasteiger partial charge in [0.25, 0.3) is 5.91 Å². The molecular weight excluding hydrogens is 436 g/mol. The second-order valence-electron chi connectivity index (χ2n) is 7.50. The van der Waals surface area contributed by atoms with Crippen molar-refractivity contribution in [2.75, 3.05) is 26.2 Å². The minimum atomic E-state index is -3.64. The van der Waals surface area contributed by atoms with Crippen molar-refractivity contribution in [2.45, 2.75) is 4.90 Å². The second kappa shape index (κ2) is 7.67. The normalized spacial score (nSPS) is 15.6. The van der Waals surface area contributed by atoms with E-state index in [2.05, 4.69) is 0 Å². The summed E-state index contributed by atoms with van der Waals surface area (Å²) in [6.45, 7) is 1.05. The fourth-order valence-electron chi connectivity index (χ4n) is 3.88. The predicted molar refractivity (Wildman–Crippen MR) is 120 cm³/mol. The molecule has 6 nitrogen and oxygen atoms in total. The van der Waals surface area contributed by atoms with Crippen LogP contribution in [0.4, 0.5) is 0 Å². The number of amides is 1. The number of carbonyl (C=O) groups is 1. The Bertz CT molecular complexity index is 1410. The van der Waals surface area contributed by atoms with E-state index >= 15 is 0 Å². The van der Waals surface area contributed by atoms with Crippen LogP contribution in [-0.4, -0.2) is 49.7 Å². The van der Waals surface area contributed by atoms with Gasteiger partial charge in [-0.2, -0.15) is 4.31 Å². The van der Waals surface area contributed by atoms with E-state index in [0.717, 1.165) is 16.2 Å². The van der Waals surface area contributed by atoms with Crippen molar-refractivity contribution in [3.63, 3.8) is 0 Å². The van der Waals surface area contributed by atoms with Gasteiger partial charge in [0.1, 0.15) is 5.58 Å². The van der Waals surface area contributed by atoms with Crippen molar-refractivity contribution in [3.8, 4) is 0 Å². The van der Waals surface area contributed by atoms with E-state index in [0.29, 0.717) is 23.7 Å². The summed E-state index contributed by atoms with van der Waals surface area (Å²) in [6.07, 6.45) is 0. The van der Waals surface area contributed by atoms with Gasteiger partial charge in [-0.15, -0.1) is 0 Å². The highest BCUT2D eigenvalue weighted by atomic mass is 35.5. The molecule has 0 spiro atoms. The van der Waals surface area contributed by atoms with Gasteiger partial charge in [0.2, 0.25) is 10.0 Å². The highest BCUT2D eigenvalue weighted by Crippen LogP contribution is 2.26. The molecule has 1 fully saturated rings. The lowest BCUT2D eigenvalue weighted by atomic mass is 10.1. The van der Waals surface area contributed by atoms with Gasteiger partial charge in [-0.3, -0.25) is 4.79 Å². The average Bonchev–Trinajstić information content (AvgIpc) is 3.21. The molecule has 2 heterocycles. The molecule has 0 atom stereocenters. The molecule has 0 aliphatic carbocycles. The molecule has 3 aromatic carbocycles. The third-order valence-corrected chi connectivity index (χ3v) is 7.70. The van der Waals surface area contributed by atoms with E-state index in [1.54, 1.807) is 41.3 Å². The molecular formula is C23H19ClN2O4S. The van der Waals surface area contributed by atoms with Gasteiger partial charge in [0.05, 0.1) is 4.90 Å². The summed E-state index contributed by atoms with van der Waals surface area (Å²) in [4.78, 5) is 14.7. The molecule has 4 aromatic rings.